The molecule has 0 bridgehead atoms. The van der Waals surface area contributed by atoms with E-state index in [4.69, 9.17) is 0 Å². The van der Waals surface area contributed by atoms with Gasteiger partial charge in [0.25, 0.3) is 0 Å². The van der Waals surface area contributed by atoms with Crippen molar-refractivity contribution in [1.29, 1.82) is 0 Å². The van der Waals surface area contributed by atoms with Gasteiger partial charge in [-0.25, -0.2) is 4.79 Å². The Hall–Kier alpha value is -2.43. The van der Waals surface area contributed by atoms with Gasteiger partial charge >= 0.3 is 5.97 Å². The van der Waals surface area contributed by atoms with Crippen LogP contribution in [0.3, 0.4) is 0 Å². The lowest BCUT2D eigenvalue weighted by Crippen LogP contribution is -2.08. The summed E-state index contributed by atoms with van der Waals surface area (Å²) < 4.78 is 5.85. The smallest absolute Gasteiger partial charge is 0.333 e. The largest absolute Gasteiger partial charge is 0.428 e. The number of esters is 1. The zero-order chi connectivity index (χ0) is 15.4. The molecule has 0 aliphatic carbocycles. The number of hydrogen-bond donors (Lipinski definition) is 1. The fraction of sp³-hybridized carbons (Fsp3) is 0.0556. The molecule has 1 aliphatic rings. The standard InChI is InChI=1S/C18H14O3S/c19-17-12-14(18(20)21-17)8-3-1-2-4-9-15-11-13-7-5-6-10-16(13)22-15/h1-12,18,20H/b2-1+,8-3+,9-4+. The van der Waals surface area contributed by atoms with Crippen LogP contribution in [0.1, 0.15) is 4.88 Å². The highest BCUT2D eigenvalue weighted by Gasteiger charge is 2.20. The van der Waals surface area contributed by atoms with Gasteiger partial charge in [-0.05, 0) is 23.6 Å². The minimum atomic E-state index is -1.15. The van der Waals surface area contributed by atoms with Crippen LogP contribution in [0, 0.1) is 0 Å². The predicted molar refractivity (Wildman–Crippen MR) is 89.3 cm³/mol. The first-order valence-electron chi connectivity index (χ1n) is 6.83. The average molecular weight is 310 g/mol. The zero-order valence-corrected chi connectivity index (χ0v) is 12.5. The number of rotatable bonds is 4. The summed E-state index contributed by atoms with van der Waals surface area (Å²) in [5.74, 6) is -0.513. The van der Waals surface area contributed by atoms with E-state index in [1.54, 1.807) is 23.5 Å². The van der Waals surface area contributed by atoms with E-state index in [2.05, 4.69) is 22.9 Å². The van der Waals surface area contributed by atoms with E-state index in [0.717, 1.165) is 0 Å². The summed E-state index contributed by atoms with van der Waals surface area (Å²) in [5, 5.41) is 10.6. The van der Waals surface area contributed by atoms with Crippen LogP contribution >= 0.6 is 11.3 Å². The number of carbonyl (C=O) groups is 1. The topological polar surface area (TPSA) is 46.5 Å². The summed E-state index contributed by atoms with van der Waals surface area (Å²) in [6.45, 7) is 0. The fourth-order valence-corrected chi connectivity index (χ4v) is 3.06. The molecule has 0 fully saturated rings. The molecule has 1 aromatic heterocycles. The molecule has 2 aromatic rings. The van der Waals surface area contributed by atoms with Crippen molar-refractivity contribution in [3.8, 4) is 0 Å². The van der Waals surface area contributed by atoms with E-state index in [9.17, 15) is 9.90 Å². The first kappa shape index (κ1) is 14.5. The molecule has 3 rings (SSSR count). The first-order valence-corrected chi connectivity index (χ1v) is 7.64. The van der Waals surface area contributed by atoms with Crippen LogP contribution in [-0.2, 0) is 9.53 Å². The van der Waals surface area contributed by atoms with Gasteiger partial charge in [0.1, 0.15) is 0 Å². The van der Waals surface area contributed by atoms with Gasteiger partial charge in [-0.15, -0.1) is 11.3 Å². The minimum absolute atomic E-state index is 0.461. The highest BCUT2D eigenvalue weighted by Crippen LogP contribution is 2.26. The van der Waals surface area contributed by atoms with E-state index >= 15 is 0 Å². The molecule has 2 heterocycles. The van der Waals surface area contributed by atoms with E-state index in [1.165, 1.54) is 21.0 Å². The van der Waals surface area contributed by atoms with E-state index in [1.807, 2.05) is 36.4 Å². The van der Waals surface area contributed by atoms with Crippen LogP contribution in [0.15, 0.2) is 72.4 Å². The summed E-state index contributed by atoms with van der Waals surface area (Å²) in [7, 11) is 0. The Morgan fingerprint density at radius 2 is 1.86 bits per heavy atom. The van der Waals surface area contributed by atoms with Crippen LogP contribution in [0.5, 0.6) is 0 Å². The van der Waals surface area contributed by atoms with Crippen LogP contribution in [0.2, 0.25) is 0 Å². The second-order valence-corrected chi connectivity index (χ2v) is 5.84. The summed E-state index contributed by atoms with van der Waals surface area (Å²) in [6, 6.07) is 10.4. The molecule has 0 amide bonds. The van der Waals surface area contributed by atoms with Gasteiger partial charge in [0.05, 0.1) is 0 Å². The molecule has 1 unspecified atom stereocenters. The highest BCUT2D eigenvalue weighted by molar-refractivity contribution is 7.19. The fourth-order valence-electron chi connectivity index (χ4n) is 2.08. The van der Waals surface area contributed by atoms with Crippen molar-refractivity contribution >= 4 is 33.5 Å². The Kier molecular flexibility index (Phi) is 4.32. The van der Waals surface area contributed by atoms with E-state index < -0.39 is 12.3 Å². The van der Waals surface area contributed by atoms with Crippen molar-refractivity contribution in [2.75, 3.05) is 0 Å². The molecule has 3 nitrogen and oxygen atoms in total. The molecule has 1 aromatic carbocycles. The molecule has 4 heteroatoms. The maximum atomic E-state index is 10.9. The quantitative estimate of drug-likeness (QED) is 0.689. The van der Waals surface area contributed by atoms with E-state index in [-0.39, 0.29) is 0 Å². The number of fused-ring (bicyclic) bond motifs is 1. The van der Waals surface area contributed by atoms with Gasteiger partial charge in [0, 0.05) is 21.2 Å². The molecule has 110 valence electrons. The van der Waals surface area contributed by atoms with E-state index in [0.29, 0.717) is 5.57 Å². The van der Waals surface area contributed by atoms with Crippen molar-refractivity contribution < 1.29 is 14.6 Å². The molecule has 22 heavy (non-hydrogen) atoms. The number of allylic oxidation sites excluding steroid dienone is 4. The van der Waals surface area contributed by atoms with Gasteiger partial charge in [-0.1, -0.05) is 48.6 Å². The normalized spacial score (nSPS) is 18.9. The lowest BCUT2D eigenvalue weighted by Gasteiger charge is -2.01. The van der Waals surface area contributed by atoms with Crippen LogP contribution in [-0.4, -0.2) is 17.4 Å². The van der Waals surface area contributed by atoms with Gasteiger partial charge in [-0.2, -0.15) is 0 Å². The van der Waals surface area contributed by atoms with Crippen molar-refractivity contribution in [2.45, 2.75) is 6.29 Å². The molecular weight excluding hydrogens is 296 g/mol. The Balaban J connectivity index is 1.59. The SMILES string of the molecule is O=C1C=C(/C=C/C=C/C=C/c2cc3ccccc3s2)C(O)O1. The number of aliphatic hydroxyl groups excluding tert-OH is 1. The predicted octanol–water partition coefficient (Wildman–Crippen LogP) is 3.83. The zero-order valence-electron chi connectivity index (χ0n) is 11.7. The molecule has 0 saturated carbocycles. The maximum Gasteiger partial charge on any atom is 0.333 e. The van der Waals surface area contributed by atoms with Gasteiger partial charge in [0.15, 0.2) is 0 Å². The van der Waals surface area contributed by atoms with Crippen molar-refractivity contribution in [3.63, 3.8) is 0 Å². The second-order valence-electron chi connectivity index (χ2n) is 4.72. The van der Waals surface area contributed by atoms with Gasteiger partial charge in [-0.3, -0.25) is 0 Å². The summed E-state index contributed by atoms with van der Waals surface area (Å²) >= 11 is 1.75. The van der Waals surface area contributed by atoms with Crippen LogP contribution < -0.4 is 0 Å². The summed E-state index contributed by atoms with van der Waals surface area (Å²) in [4.78, 5) is 12.1. The number of aliphatic hydroxyl groups is 1. The molecule has 0 spiro atoms. The lowest BCUT2D eigenvalue weighted by molar-refractivity contribution is -0.150. The minimum Gasteiger partial charge on any atom is -0.428 e. The van der Waals surface area contributed by atoms with Crippen molar-refractivity contribution in [2.24, 2.45) is 0 Å². The number of cyclic esters (lactones) is 1. The van der Waals surface area contributed by atoms with Crippen molar-refractivity contribution in [1.82, 2.24) is 0 Å². The average Bonchev–Trinajstić information content (AvgIpc) is 3.05. The Labute approximate surface area is 132 Å². The summed E-state index contributed by atoms with van der Waals surface area (Å²) in [6.07, 6.45) is 11.3. The second kappa shape index (κ2) is 6.56. The maximum absolute atomic E-state index is 10.9. The third-order valence-electron chi connectivity index (χ3n) is 3.12. The molecule has 1 N–H and O–H groups in total. The van der Waals surface area contributed by atoms with Crippen LogP contribution in [0.25, 0.3) is 16.2 Å². The molecule has 0 saturated heterocycles. The summed E-state index contributed by atoms with van der Waals surface area (Å²) in [5.41, 5.74) is 0.461. The third kappa shape index (κ3) is 3.42. The Bertz CT molecular complexity index is 776. The monoisotopic (exact) mass is 310 g/mol. The number of carbonyl (C=O) groups excluding carboxylic acids is 1. The Morgan fingerprint density at radius 3 is 2.59 bits per heavy atom. The van der Waals surface area contributed by atoms with Gasteiger partial charge in [0.2, 0.25) is 6.29 Å². The third-order valence-corrected chi connectivity index (χ3v) is 4.21. The number of thiophene rings is 1. The van der Waals surface area contributed by atoms with Crippen LogP contribution in [0.4, 0.5) is 0 Å². The number of hydrogen-bond acceptors (Lipinski definition) is 4. The lowest BCUT2D eigenvalue weighted by atomic mass is 10.2. The molecular formula is C18H14O3S. The number of benzene rings is 1. The molecule has 1 aliphatic heterocycles. The first-order chi connectivity index (χ1) is 10.7. The van der Waals surface area contributed by atoms with Crippen molar-refractivity contribution in [3.05, 3.63) is 77.2 Å². The highest BCUT2D eigenvalue weighted by atomic mass is 32.1. The number of ether oxygens (including phenoxy) is 1. The van der Waals surface area contributed by atoms with Gasteiger partial charge < -0.3 is 9.84 Å². The molecule has 1 atom stereocenters. The molecule has 0 radical (unpaired) electrons. The Morgan fingerprint density at radius 1 is 1.09 bits per heavy atom.